The summed E-state index contributed by atoms with van der Waals surface area (Å²) in [5.74, 6) is 0.782. The monoisotopic (exact) mass is 312 g/mol. The Morgan fingerprint density at radius 1 is 1.00 bits per heavy atom. The van der Waals surface area contributed by atoms with Gasteiger partial charge in [0.2, 0.25) is 15.9 Å². The van der Waals surface area contributed by atoms with Crippen LogP contribution >= 0.6 is 34.8 Å². The van der Waals surface area contributed by atoms with Gasteiger partial charge in [-0.15, -0.1) is 0 Å². The number of unbranched alkanes of at least 4 members (excludes halogenated alkanes) is 1. The molecule has 0 spiro atoms. The van der Waals surface area contributed by atoms with Crippen molar-refractivity contribution in [3.63, 3.8) is 0 Å². The van der Waals surface area contributed by atoms with Gasteiger partial charge in [0.1, 0.15) is 0 Å². The van der Waals surface area contributed by atoms with Gasteiger partial charge in [0.05, 0.1) is 0 Å². The van der Waals surface area contributed by atoms with Crippen LogP contribution in [0, 0.1) is 5.92 Å². The van der Waals surface area contributed by atoms with Gasteiger partial charge in [-0.2, -0.15) is 15.0 Å². The van der Waals surface area contributed by atoms with E-state index in [1.165, 1.54) is 25.7 Å². The second-order valence-corrected chi connectivity index (χ2v) is 4.81. The zero-order chi connectivity index (χ0) is 14.0. The van der Waals surface area contributed by atoms with E-state index in [9.17, 15) is 0 Å². The van der Waals surface area contributed by atoms with E-state index in [0.717, 1.165) is 12.5 Å². The summed E-state index contributed by atoms with van der Waals surface area (Å²) in [6, 6.07) is 0. The number of nitrogens with two attached hydrogens (primary N) is 1. The molecule has 1 unspecified atom stereocenters. The van der Waals surface area contributed by atoms with Gasteiger partial charge in [-0.3, -0.25) is 0 Å². The van der Waals surface area contributed by atoms with E-state index in [0.29, 0.717) is 0 Å². The third kappa shape index (κ3) is 8.86. The van der Waals surface area contributed by atoms with Crippen LogP contribution in [0.5, 0.6) is 0 Å². The van der Waals surface area contributed by atoms with Crippen molar-refractivity contribution in [2.45, 2.75) is 39.5 Å². The lowest BCUT2D eigenvalue weighted by Gasteiger charge is -2.09. The Labute approximate surface area is 123 Å². The molecule has 0 aliphatic carbocycles. The van der Waals surface area contributed by atoms with Crippen LogP contribution in [0.3, 0.4) is 0 Å². The maximum atomic E-state index is 5.52. The van der Waals surface area contributed by atoms with Crippen molar-refractivity contribution in [1.82, 2.24) is 15.0 Å². The third-order valence-corrected chi connectivity index (χ3v) is 2.94. The van der Waals surface area contributed by atoms with Gasteiger partial charge in [0.15, 0.2) is 0 Å². The highest BCUT2D eigenvalue weighted by Gasteiger charge is 2.00. The summed E-state index contributed by atoms with van der Waals surface area (Å²) in [6.07, 6.45) is 5.21. The van der Waals surface area contributed by atoms with Crippen molar-refractivity contribution in [1.29, 1.82) is 0 Å². The van der Waals surface area contributed by atoms with Gasteiger partial charge in [-0.1, -0.05) is 33.1 Å². The minimum atomic E-state index is 0.000000000000000444. The number of hydrogen-bond donors (Lipinski definition) is 1. The molecule has 0 radical (unpaired) electrons. The molecule has 0 fully saturated rings. The first-order valence-corrected chi connectivity index (χ1v) is 7.09. The first-order chi connectivity index (χ1) is 8.53. The van der Waals surface area contributed by atoms with Crippen molar-refractivity contribution in [3.8, 4) is 0 Å². The molecule has 0 aromatic carbocycles. The Bertz CT molecular complexity index is 282. The lowest BCUT2D eigenvalue weighted by Crippen LogP contribution is -2.12. The fraction of sp³-hybridized carbons (Fsp3) is 0.727. The maximum absolute atomic E-state index is 5.52. The molecule has 0 saturated carbocycles. The molecule has 1 aromatic rings. The zero-order valence-corrected chi connectivity index (χ0v) is 12.9. The first-order valence-electron chi connectivity index (χ1n) is 5.96. The van der Waals surface area contributed by atoms with Crippen molar-refractivity contribution in [3.05, 3.63) is 15.9 Å². The minimum Gasteiger partial charge on any atom is -0.330 e. The van der Waals surface area contributed by atoms with E-state index >= 15 is 0 Å². The summed E-state index contributed by atoms with van der Waals surface area (Å²) < 4.78 is 0. The van der Waals surface area contributed by atoms with Gasteiger partial charge >= 0.3 is 0 Å². The summed E-state index contributed by atoms with van der Waals surface area (Å²) in [7, 11) is 0. The van der Waals surface area contributed by atoms with Crippen molar-refractivity contribution < 1.29 is 0 Å². The quantitative estimate of drug-likeness (QED) is 0.892. The van der Waals surface area contributed by atoms with E-state index < -0.39 is 0 Å². The number of rotatable bonds is 5. The van der Waals surface area contributed by atoms with Gasteiger partial charge in [0.25, 0.3) is 0 Å². The molecular formula is C11H19Cl3N4. The molecule has 7 heteroatoms. The second-order valence-electron chi connectivity index (χ2n) is 3.79. The van der Waals surface area contributed by atoms with Crippen LogP contribution in [0.1, 0.15) is 39.5 Å². The van der Waals surface area contributed by atoms with Crippen molar-refractivity contribution in [2.24, 2.45) is 11.7 Å². The Morgan fingerprint density at radius 3 is 1.72 bits per heavy atom. The molecule has 0 saturated heterocycles. The third-order valence-electron chi connectivity index (χ3n) is 2.43. The van der Waals surface area contributed by atoms with Gasteiger partial charge < -0.3 is 5.73 Å². The summed E-state index contributed by atoms with van der Waals surface area (Å²) in [5, 5.41) is 0.00000000000000178. The topological polar surface area (TPSA) is 64.7 Å². The molecule has 4 nitrogen and oxygen atoms in total. The SMILES string of the molecule is CCCCC(CC)CN.Clc1nc(Cl)nc(Cl)n1. The van der Waals surface area contributed by atoms with Crippen LogP contribution in [0.25, 0.3) is 0 Å². The normalized spacial score (nSPS) is 11.7. The first kappa shape index (κ1) is 17.8. The predicted molar refractivity (Wildman–Crippen MR) is 77.2 cm³/mol. The maximum Gasteiger partial charge on any atom is 0.227 e. The predicted octanol–water partition coefficient (Wildman–Crippen LogP) is 3.99. The lowest BCUT2D eigenvalue weighted by atomic mass is 10.00. The number of halogens is 3. The van der Waals surface area contributed by atoms with E-state index in [2.05, 4.69) is 28.8 Å². The molecule has 2 N–H and O–H groups in total. The summed E-state index contributed by atoms with van der Waals surface area (Å²) in [6.45, 7) is 5.31. The largest absolute Gasteiger partial charge is 0.330 e. The molecule has 1 atom stereocenters. The smallest absolute Gasteiger partial charge is 0.227 e. The van der Waals surface area contributed by atoms with Crippen LogP contribution in [-0.4, -0.2) is 21.5 Å². The number of nitrogens with zero attached hydrogens (tertiary/aromatic N) is 3. The molecule has 104 valence electrons. The molecule has 0 amide bonds. The van der Waals surface area contributed by atoms with Crippen LogP contribution in [0.15, 0.2) is 0 Å². The Morgan fingerprint density at radius 2 is 1.44 bits per heavy atom. The number of hydrogen-bond acceptors (Lipinski definition) is 4. The summed E-state index contributed by atoms with van der Waals surface area (Å²) in [5.41, 5.74) is 5.52. The second kappa shape index (κ2) is 10.7. The van der Waals surface area contributed by atoms with E-state index in [1.807, 2.05) is 0 Å². The highest BCUT2D eigenvalue weighted by Crippen LogP contribution is 2.10. The average Bonchev–Trinajstić information content (AvgIpc) is 2.29. The highest BCUT2D eigenvalue weighted by molar-refractivity contribution is 6.33. The average molecular weight is 314 g/mol. The minimum absolute atomic E-state index is 0.000000000000000444. The zero-order valence-electron chi connectivity index (χ0n) is 10.7. The molecule has 0 aliphatic heterocycles. The molecule has 1 rings (SSSR count). The Hall–Kier alpha value is -0.160. The fourth-order valence-corrected chi connectivity index (χ4v) is 1.89. The van der Waals surface area contributed by atoms with Crippen LogP contribution < -0.4 is 5.73 Å². The molecule has 1 heterocycles. The summed E-state index contributed by atoms with van der Waals surface area (Å²) in [4.78, 5) is 10.4. The standard InChI is InChI=1S/C8H19N.C3Cl3N3/c1-3-5-6-8(4-2)7-9;4-1-7-2(5)9-3(6)8-1/h8H,3-7,9H2,1-2H3;. The number of aromatic nitrogens is 3. The molecule has 0 aliphatic rings. The van der Waals surface area contributed by atoms with Gasteiger partial charge in [-0.05, 0) is 53.7 Å². The molecule has 1 aromatic heterocycles. The fourth-order valence-electron chi connectivity index (χ4n) is 1.28. The van der Waals surface area contributed by atoms with Crippen LogP contribution in [0.2, 0.25) is 15.9 Å². The van der Waals surface area contributed by atoms with E-state index in [-0.39, 0.29) is 15.9 Å². The molecule has 18 heavy (non-hydrogen) atoms. The van der Waals surface area contributed by atoms with Gasteiger partial charge in [0, 0.05) is 0 Å². The van der Waals surface area contributed by atoms with Crippen LogP contribution in [0.4, 0.5) is 0 Å². The van der Waals surface area contributed by atoms with E-state index in [4.69, 9.17) is 40.5 Å². The molecular weight excluding hydrogens is 295 g/mol. The Kier molecular flexibility index (Phi) is 10.6. The lowest BCUT2D eigenvalue weighted by molar-refractivity contribution is 0.461. The van der Waals surface area contributed by atoms with Crippen molar-refractivity contribution >= 4 is 34.8 Å². The molecule has 0 bridgehead atoms. The highest BCUT2D eigenvalue weighted by atomic mass is 35.5. The van der Waals surface area contributed by atoms with E-state index in [1.54, 1.807) is 0 Å². The van der Waals surface area contributed by atoms with Crippen molar-refractivity contribution in [2.75, 3.05) is 6.54 Å². The Balaban J connectivity index is 0.000000321. The van der Waals surface area contributed by atoms with Crippen LogP contribution in [-0.2, 0) is 0 Å². The van der Waals surface area contributed by atoms with Gasteiger partial charge in [-0.25, -0.2) is 0 Å². The summed E-state index contributed by atoms with van der Waals surface area (Å²) >= 11 is 16.0.